The van der Waals surface area contributed by atoms with Crippen LogP contribution in [0.15, 0.2) is 17.5 Å². The van der Waals surface area contributed by atoms with Crippen molar-refractivity contribution >= 4 is 33.2 Å². The minimum absolute atomic E-state index is 0.140. The summed E-state index contributed by atoms with van der Waals surface area (Å²) in [4.78, 5) is 12.7. The molecular weight excluding hydrogens is 274 g/mol. The Hall–Kier alpha value is -0.350. The fourth-order valence-corrected chi connectivity index (χ4v) is 2.43. The van der Waals surface area contributed by atoms with Crippen molar-refractivity contribution in [1.82, 2.24) is 5.32 Å². The molecule has 84 valence electrons. The lowest BCUT2D eigenvalue weighted by atomic mass is 10.2. The summed E-state index contributed by atoms with van der Waals surface area (Å²) in [6, 6.07) is 4.20. The molecule has 1 aromatic rings. The molecule has 1 rings (SSSR count). The zero-order valence-electron chi connectivity index (χ0n) is 8.83. The smallest absolute Gasteiger partial charge is 0.220 e. The van der Waals surface area contributed by atoms with Crippen molar-refractivity contribution in [2.75, 3.05) is 5.33 Å². The lowest BCUT2D eigenvalue weighted by Crippen LogP contribution is -2.25. The maximum absolute atomic E-state index is 11.5. The van der Waals surface area contributed by atoms with E-state index in [9.17, 15) is 4.79 Å². The van der Waals surface area contributed by atoms with Gasteiger partial charge in [-0.05, 0) is 31.2 Å². The summed E-state index contributed by atoms with van der Waals surface area (Å²) in [5, 5.41) is 6.00. The number of hydrogen-bond acceptors (Lipinski definition) is 2. The molecule has 2 nitrogen and oxygen atoms in total. The first-order valence-corrected chi connectivity index (χ1v) is 7.13. The normalized spacial score (nSPS) is 12.4. The van der Waals surface area contributed by atoms with Crippen LogP contribution < -0.4 is 5.32 Å². The molecule has 1 atom stereocenters. The molecule has 0 aliphatic heterocycles. The Morgan fingerprint density at radius 3 is 3.00 bits per heavy atom. The molecule has 0 bridgehead atoms. The first-order chi connectivity index (χ1) is 7.24. The molecule has 15 heavy (non-hydrogen) atoms. The summed E-state index contributed by atoms with van der Waals surface area (Å²) in [5.74, 6) is 0.150. The molecule has 1 heterocycles. The number of thiophene rings is 1. The van der Waals surface area contributed by atoms with Gasteiger partial charge in [0, 0.05) is 16.6 Å². The molecule has 0 aromatic carbocycles. The molecule has 1 aromatic heterocycles. The number of halogens is 1. The molecule has 1 N–H and O–H groups in total. The first-order valence-electron chi connectivity index (χ1n) is 5.12. The van der Waals surface area contributed by atoms with Crippen molar-refractivity contribution in [3.05, 3.63) is 22.4 Å². The average molecular weight is 290 g/mol. The van der Waals surface area contributed by atoms with Crippen LogP contribution in [0.5, 0.6) is 0 Å². The van der Waals surface area contributed by atoms with Crippen molar-refractivity contribution in [3.8, 4) is 0 Å². The summed E-state index contributed by atoms with van der Waals surface area (Å²) >= 11 is 5.03. The van der Waals surface area contributed by atoms with Crippen LogP contribution in [-0.4, -0.2) is 11.2 Å². The molecule has 0 fully saturated rings. The Labute approximate surface area is 103 Å². The zero-order valence-corrected chi connectivity index (χ0v) is 11.2. The average Bonchev–Trinajstić information content (AvgIpc) is 2.70. The highest BCUT2D eigenvalue weighted by molar-refractivity contribution is 9.09. The van der Waals surface area contributed by atoms with Gasteiger partial charge in [-0.25, -0.2) is 0 Å². The van der Waals surface area contributed by atoms with Crippen molar-refractivity contribution in [2.24, 2.45) is 0 Å². The Morgan fingerprint density at radius 1 is 1.60 bits per heavy atom. The number of carbonyl (C=O) groups is 1. The van der Waals surface area contributed by atoms with Gasteiger partial charge in [0.05, 0.1) is 6.04 Å². The first kappa shape index (κ1) is 12.7. The molecule has 0 aliphatic carbocycles. The Kier molecular flexibility index (Phi) is 5.95. The molecule has 0 radical (unpaired) electrons. The fraction of sp³-hybridized carbons (Fsp3) is 0.545. The van der Waals surface area contributed by atoms with Crippen LogP contribution in [0, 0.1) is 0 Å². The standard InChI is InChI=1S/C11H16BrNOS/c1-9(10-5-4-8-15-10)13-11(14)6-2-3-7-12/h4-5,8-9H,2-3,6-7H2,1H3,(H,13,14)/t9-/m0/s1. The minimum Gasteiger partial charge on any atom is -0.349 e. The number of carbonyl (C=O) groups excluding carboxylic acids is 1. The van der Waals surface area contributed by atoms with Crippen LogP contribution in [-0.2, 0) is 4.79 Å². The van der Waals surface area contributed by atoms with Gasteiger partial charge in [0.2, 0.25) is 5.91 Å². The van der Waals surface area contributed by atoms with E-state index >= 15 is 0 Å². The van der Waals surface area contributed by atoms with Crippen LogP contribution in [0.3, 0.4) is 0 Å². The Balaban J connectivity index is 2.26. The molecule has 0 spiro atoms. The number of hydrogen-bond donors (Lipinski definition) is 1. The van der Waals surface area contributed by atoms with E-state index < -0.39 is 0 Å². The summed E-state index contributed by atoms with van der Waals surface area (Å²) < 4.78 is 0. The largest absolute Gasteiger partial charge is 0.349 e. The Bertz CT molecular complexity index is 287. The van der Waals surface area contributed by atoms with Gasteiger partial charge in [-0.2, -0.15) is 0 Å². The number of nitrogens with one attached hydrogen (secondary N) is 1. The lowest BCUT2D eigenvalue weighted by molar-refractivity contribution is -0.121. The Morgan fingerprint density at radius 2 is 2.40 bits per heavy atom. The van der Waals surface area contributed by atoms with E-state index in [-0.39, 0.29) is 11.9 Å². The molecule has 0 aliphatic rings. The van der Waals surface area contributed by atoms with Crippen molar-refractivity contribution in [3.63, 3.8) is 0 Å². The predicted molar refractivity (Wildman–Crippen MR) is 68.5 cm³/mol. The summed E-state index contributed by atoms with van der Waals surface area (Å²) in [5.41, 5.74) is 0. The van der Waals surface area contributed by atoms with E-state index in [0.717, 1.165) is 18.2 Å². The van der Waals surface area contributed by atoms with Gasteiger partial charge in [-0.15, -0.1) is 11.3 Å². The van der Waals surface area contributed by atoms with Crippen molar-refractivity contribution in [1.29, 1.82) is 0 Å². The maximum atomic E-state index is 11.5. The summed E-state index contributed by atoms with van der Waals surface area (Å²) in [7, 11) is 0. The van der Waals surface area contributed by atoms with Crippen LogP contribution in [0.4, 0.5) is 0 Å². The van der Waals surface area contributed by atoms with Gasteiger partial charge in [0.15, 0.2) is 0 Å². The third-order valence-electron chi connectivity index (χ3n) is 2.13. The molecular formula is C11H16BrNOS. The van der Waals surface area contributed by atoms with Gasteiger partial charge in [0.1, 0.15) is 0 Å². The van der Waals surface area contributed by atoms with E-state index in [1.54, 1.807) is 11.3 Å². The minimum atomic E-state index is 0.140. The molecule has 0 unspecified atom stereocenters. The third-order valence-corrected chi connectivity index (χ3v) is 3.75. The summed E-state index contributed by atoms with van der Waals surface area (Å²) in [6.45, 7) is 2.02. The van der Waals surface area contributed by atoms with E-state index in [0.29, 0.717) is 6.42 Å². The van der Waals surface area contributed by atoms with E-state index in [4.69, 9.17) is 0 Å². The van der Waals surface area contributed by atoms with Crippen LogP contribution in [0.25, 0.3) is 0 Å². The molecule has 0 saturated heterocycles. The second-order valence-corrected chi connectivity index (χ2v) is 5.22. The number of amides is 1. The van der Waals surface area contributed by atoms with Crippen molar-refractivity contribution in [2.45, 2.75) is 32.2 Å². The monoisotopic (exact) mass is 289 g/mol. The van der Waals surface area contributed by atoms with Crippen LogP contribution >= 0.6 is 27.3 Å². The third kappa shape index (κ3) is 4.80. The fourth-order valence-electron chi connectivity index (χ4n) is 1.30. The highest BCUT2D eigenvalue weighted by Crippen LogP contribution is 2.18. The lowest BCUT2D eigenvalue weighted by Gasteiger charge is -2.11. The van der Waals surface area contributed by atoms with E-state index in [1.165, 1.54) is 4.88 Å². The number of alkyl halides is 1. The number of unbranched alkanes of at least 4 members (excludes halogenated alkanes) is 1. The van der Waals surface area contributed by atoms with Gasteiger partial charge < -0.3 is 5.32 Å². The predicted octanol–water partition coefficient (Wildman–Crippen LogP) is 3.49. The topological polar surface area (TPSA) is 29.1 Å². The van der Waals surface area contributed by atoms with Gasteiger partial charge in [-0.3, -0.25) is 4.79 Å². The second-order valence-electron chi connectivity index (χ2n) is 3.45. The van der Waals surface area contributed by atoms with Gasteiger partial charge in [-0.1, -0.05) is 22.0 Å². The zero-order chi connectivity index (χ0) is 11.1. The molecule has 4 heteroatoms. The van der Waals surface area contributed by atoms with Crippen LogP contribution in [0.2, 0.25) is 0 Å². The van der Waals surface area contributed by atoms with Crippen LogP contribution in [0.1, 0.15) is 37.1 Å². The number of rotatable bonds is 6. The van der Waals surface area contributed by atoms with Crippen molar-refractivity contribution < 1.29 is 4.79 Å². The van der Waals surface area contributed by atoms with E-state index in [1.807, 2.05) is 24.4 Å². The highest BCUT2D eigenvalue weighted by Gasteiger charge is 2.09. The van der Waals surface area contributed by atoms with E-state index in [2.05, 4.69) is 21.2 Å². The second kappa shape index (κ2) is 7.01. The maximum Gasteiger partial charge on any atom is 0.220 e. The van der Waals surface area contributed by atoms with Gasteiger partial charge in [0.25, 0.3) is 0 Å². The molecule has 1 amide bonds. The molecule has 0 saturated carbocycles. The highest BCUT2D eigenvalue weighted by atomic mass is 79.9. The summed E-state index contributed by atoms with van der Waals surface area (Å²) in [6.07, 6.45) is 2.64. The SMILES string of the molecule is C[C@H](NC(=O)CCCCBr)c1cccs1. The quantitative estimate of drug-likeness (QED) is 0.630. The van der Waals surface area contributed by atoms with Gasteiger partial charge >= 0.3 is 0 Å².